The minimum Gasteiger partial charge on any atom is -0.461 e. The van der Waals surface area contributed by atoms with Crippen LogP contribution in [0.15, 0.2) is 125 Å². The lowest BCUT2D eigenvalue weighted by atomic mass is 9.69. The topological polar surface area (TPSA) is 94.1 Å². The van der Waals surface area contributed by atoms with Gasteiger partial charge in [0.25, 0.3) is 0 Å². The third-order valence-electron chi connectivity index (χ3n) is 10.2. The maximum Gasteiger partial charge on any atom is 0.308 e. The van der Waals surface area contributed by atoms with Gasteiger partial charge in [0.15, 0.2) is 0 Å². The number of nitrogen functional groups attached to an aromatic ring is 1. The number of fused-ring (bicyclic) bond motifs is 6. The number of esters is 1. The second-order valence-corrected chi connectivity index (χ2v) is 13.6. The Balaban J connectivity index is 0.000000166. The van der Waals surface area contributed by atoms with Crippen molar-refractivity contribution in [3.8, 4) is 11.1 Å². The summed E-state index contributed by atoms with van der Waals surface area (Å²) in [5, 5.41) is 1.81. The van der Waals surface area contributed by atoms with Gasteiger partial charge in [-0.25, -0.2) is 0 Å². The molecule has 2 N–H and O–H groups in total. The van der Waals surface area contributed by atoms with E-state index in [9.17, 15) is 9.59 Å². The van der Waals surface area contributed by atoms with Crippen molar-refractivity contribution in [2.24, 2.45) is 9.98 Å². The zero-order valence-electron chi connectivity index (χ0n) is 29.0. The molecule has 0 amide bonds. The summed E-state index contributed by atoms with van der Waals surface area (Å²) in [4.78, 5) is 33.9. The van der Waals surface area contributed by atoms with Gasteiger partial charge in [-0.3, -0.25) is 19.6 Å². The predicted molar refractivity (Wildman–Crippen MR) is 204 cm³/mol. The molecule has 5 aromatic rings. The van der Waals surface area contributed by atoms with Gasteiger partial charge in [-0.1, -0.05) is 110 Å². The zero-order valence-corrected chi connectivity index (χ0v) is 29.0. The van der Waals surface area contributed by atoms with Crippen LogP contribution in [0.1, 0.15) is 71.4 Å². The average molecular weight is 674 g/mol. The fraction of sp³-hybridized carbons (Fsp3) is 0.244. The number of aliphatic imine (C=N–C) groups is 1. The zero-order chi connectivity index (χ0) is 35.2. The molecule has 3 unspecified atom stereocenters. The molecule has 8 rings (SSSR count). The molecule has 0 radical (unpaired) electrons. The summed E-state index contributed by atoms with van der Waals surface area (Å²) < 4.78 is 5.29. The molecule has 0 aromatic heterocycles. The number of hydrogen-bond acceptors (Lipinski definition) is 6. The number of anilines is 1. The second kappa shape index (κ2) is 15.5. The highest BCUT2D eigenvalue weighted by Gasteiger charge is 2.35. The summed E-state index contributed by atoms with van der Waals surface area (Å²) >= 11 is 0. The van der Waals surface area contributed by atoms with Crippen LogP contribution in [0, 0.1) is 0 Å². The SMILES string of the molecule is CC1CC(=O)C(CCc2ccccc2)c2c1ccc1c2CCc2c(N)cccc2-1.O=C(CC1C=NC=c2ccccc2=N1)OCc1ccccc1. The Bertz CT molecular complexity index is 2190. The highest BCUT2D eigenvalue weighted by Crippen LogP contribution is 2.46. The highest BCUT2D eigenvalue weighted by atomic mass is 16.5. The first-order chi connectivity index (χ1) is 24.9. The molecular formula is C45H43N3O3. The van der Waals surface area contributed by atoms with Crippen LogP contribution in [0.5, 0.6) is 0 Å². The number of para-hydroxylation sites is 1. The molecule has 2 aliphatic carbocycles. The first-order valence-corrected chi connectivity index (χ1v) is 17.9. The first-order valence-electron chi connectivity index (χ1n) is 17.9. The van der Waals surface area contributed by atoms with Crippen LogP contribution in [-0.4, -0.2) is 24.0 Å². The van der Waals surface area contributed by atoms with E-state index in [0.717, 1.165) is 47.5 Å². The Labute approximate surface area is 299 Å². The Kier molecular flexibility index (Phi) is 10.3. The lowest BCUT2D eigenvalue weighted by Crippen LogP contribution is -2.26. The molecule has 256 valence electrons. The number of carbonyl (C=O) groups is 2. The molecule has 0 bridgehead atoms. The van der Waals surface area contributed by atoms with Crippen molar-refractivity contribution in [2.45, 2.75) is 69.9 Å². The van der Waals surface area contributed by atoms with E-state index in [1.54, 1.807) is 12.4 Å². The Hall–Kier alpha value is -5.62. The Morgan fingerprint density at radius 2 is 1.51 bits per heavy atom. The molecule has 0 saturated carbocycles. The number of Topliss-reactive ketones (excluding diaryl/α,β-unsaturated/α-hetero) is 1. The molecule has 6 nitrogen and oxygen atoms in total. The molecule has 3 atom stereocenters. The fourth-order valence-electron chi connectivity index (χ4n) is 7.62. The molecule has 1 heterocycles. The third kappa shape index (κ3) is 7.76. The standard InChI is InChI=1S/C27H27NO.C18H16N2O2/c1-17-16-26(29)24(11-10-18-6-3-2-4-7-18)27-19(17)12-13-21-20-8-5-9-25(28)22(20)14-15-23(21)27;21-18(22-13-14-6-2-1-3-7-14)10-16-12-19-11-15-8-4-5-9-17(15)20-16/h2-9,12-13,17,24H,10-11,14-16,28H2,1H3;1-9,11-12,16H,10,13H2. The van der Waals surface area contributed by atoms with Gasteiger partial charge in [0.2, 0.25) is 0 Å². The number of ether oxygens (including phenoxy) is 1. The van der Waals surface area contributed by atoms with Crippen LogP contribution < -0.4 is 16.3 Å². The first kappa shape index (κ1) is 33.9. The van der Waals surface area contributed by atoms with Crippen LogP contribution in [0.25, 0.3) is 17.3 Å². The minimum absolute atomic E-state index is 0.0129. The van der Waals surface area contributed by atoms with E-state index in [0.29, 0.717) is 18.1 Å². The molecule has 51 heavy (non-hydrogen) atoms. The quantitative estimate of drug-likeness (QED) is 0.143. The average Bonchev–Trinajstić information content (AvgIpc) is 3.36. The number of ketones is 1. The van der Waals surface area contributed by atoms with Gasteiger partial charge in [0.1, 0.15) is 12.4 Å². The number of aryl methyl sites for hydroxylation is 1. The number of benzene rings is 5. The molecule has 3 aliphatic rings. The molecule has 6 heteroatoms. The molecule has 0 saturated heterocycles. The lowest BCUT2D eigenvalue weighted by molar-refractivity contribution is -0.145. The van der Waals surface area contributed by atoms with Gasteiger partial charge in [-0.2, -0.15) is 0 Å². The van der Waals surface area contributed by atoms with Gasteiger partial charge in [-0.05, 0) is 88.2 Å². The van der Waals surface area contributed by atoms with Gasteiger partial charge in [-0.15, -0.1) is 0 Å². The summed E-state index contributed by atoms with van der Waals surface area (Å²) in [5.41, 5.74) is 17.3. The van der Waals surface area contributed by atoms with Gasteiger partial charge in [0.05, 0.1) is 17.8 Å². The van der Waals surface area contributed by atoms with E-state index in [2.05, 4.69) is 59.4 Å². The molecule has 1 aliphatic heterocycles. The number of nitrogens with two attached hydrogens (primary N) is 1. The summed E-state index contributed by atoms with van der Waals surface area (Å²) in [6.07, 6.45) is 8.06. The summed E-state index contributed by atoms with van der Waals surface area (Å²) in [6.45, 7) is 2.48. The van der Waals surface area contributed by atoms with Gasteiger partial charge in [0, 0.05) is 35.7 Å². The third-order valence-corrected chi connectivity index (χ3v) is 10.2. The summed E-state index contributed by atoms with van der Waals surface area (Å²) in [7, 11) is 0. The van der Waals surface area contributed by atoms with Crippen molar-refractivity contribution >= 4 is 29.9 Å². The smallest absolute Gasteiger partial charge is 0.308 e. The highest BCUT2D eigenvalue weighted by molar-refractivity contribution is 5.91. The number of nitrogens with zero attached hydrogens (tertiary/aromatic N) is 2. The van der Waals surface area contributed by atoms with Crippen molar-refractivity contribution in [1.82, 2.24) is 0 Å². The van der Waals surface area contributed by atoms with Crippen molar-refractivity contribution < 1.29 is 14.3 Å². The number of carbonyl (C=O) groups excluding carboxylic acids is 2. The Morgan fingerprint density at radius 1 is 0.804 bits per heavy atom. The molecule has 0 spiro atoms. The van der Waals surface area contributed by atoms with E-state index >= 15 is 0 Å². The molecule has 5 aromatic carbocycles. The van der Waals surface area contributed by atoms with E-state index in [-0.39, 0.29) is 31.0 Å². The van der Waals surface area contributed by atoms with Crippen molar-refractivity contribution in [3.63, 3.8) is 0 Å². The van der Waals surface area contributed by atoms with Crippen LogP contribution in [0.2, 0.25) is 0 Å². The summed E-state index contributed by atoms with van der Waals surface area (Å²) in [6, 6.07) is 38.4. The van der Waals surface area contributed by atoms with Crippen molar-refractivity contribution in [1.29, 1.82) is 0 Å². The van der Waals surface area contributed by atoms with Gasteiger partial charge < -0.3 is 10.5 Å². The molecule has 0 fully saturated rings. The van der Waals surface area contributed by atoms with Crippen molar-refractivity contribution in [3.05, 3.63) is 159 Å². The van der Waals surface area contributed by atoms with E-state index in [4.69, 9.17) is 10.5 Å². The minimum atomic E-state index is -0.289. The molecular weight excluding hydrogens is 631 g/mol. The van der Waals surface area contributed by atoms with Crippen LogP contribution in [-0.2, 0) is 40.2 Å². The largest absolute Gasteiger partial charge is 0.461 e. The maximum atomic E-state index is 13.2. The lowest BCUT2D eigenvalue weighted by Gasteiger charge is -2.34. The second-order valence-electron chi connectivity index (χ2n) is 13.6. The van der Waals surface area contributed by atoms with Crippen LogP contribution in [0.4, 0.5) is 5.69 Å². The summed E-state index contributed by atoms with van der Waals surface area (Å²) in [5.74, 6) is 0.452. The van der Waals surface area contributed by atoms with E-state index in [1.165, 1.54) is 38.9 Å². The normalized spacial score (nSPS) is 18.2. The monoisotopic (exact) mass is 673 g/mol. The number of hydrogen-bond donors (Lipinski definition) is 1. The Morgan fingerprint density at radius 3 is 2.31 bits per heavy atom. The van der Waals surface area contributed by atoms with E-state index in [1.807, 2.05) is 72.8 Å². The van der Waals surface area contributed by atoms with Crippen LogP contribution >= 0.6 is 0 Å². The fourth-order valence-corrected chi connectivity index (χ4v) is 7.62. The maximum absolute atomic E-state index is 13.2. The number of rotatable bonds is 7. The van der Waals surface area contributed by atoms with Gasteiger partial charge >= 0.3 is 5.97 Å². The predicted octanol–water partition coefficient (Wildman–Crippen LogP) is 7.46. The van der Waals surface area contributed by atoms with Crippen LogP contribution in [0.3, 0.4) is 0 Å². The van der Waals surface area contributed by atoms with Crippen molar-refractivity contribution in [2.75, 3.05) is 5.73 Å². The van der Waals surface area contributed by atoms with E-state index < -0.39 is 0 Å².